The Kier molecular flexibility index (Phi) is 5.09. The summed E-state index contributed by atoms with van der Waals surface area (Å²) in [7, 11) is 1.72. The number of ether oxygens (including phenoxy) is 1. The van der Waals surface area contributed by atoms with Crippen LogP contribution in [-0.4, -0.2) is 13.7 Å². The second-order valence-corrected chi connectivity index (χ2v) is 5.18. The maximum atomic E-state index is 6.09. The van der Waals surface area contributed by atoms with Crippen LogP contribution < -0.4 is 5.73 Å². The summed E-state index contributed by atoms with van der Waals surface area (Å²) in [5, 5.41) is 4.17. The topological polar surface area (TPSA) is 35.2 Å². The molecule has 0 spiro atoms. The van der Waals surface area contributed by atoms with Crippen LogP contribution >= 0.6 is 27.3 Å². The second kappa shape index (κ2) is 5.85. The molecule has 0 saturated carbocycles. The van der Waals surface area contributed by atoms with Crippen LogP contribution in [0.4, 0.5) is 0 Å². The summed E-state index contributed by atoms with van der Waals surface area (Å²) >= 11 is 5.17. The number of thiophene rings is 1. The van der Waals surface area contributed by atoms with Crippen molar-refractivity contribution in [3.05, 3.63) is 20.8 Å². The summed E-state index contributed by atoms with van der Waals surface area (Å²) in [6.07, 6.45) is 0.961. The second-order valence-electron chi connectivity index (χ2n) is 3.58. The summed E-state index contributed by atoms with van der Waals surface area (Å²) < 4.78 is 6.21. The van der Waals surface area contributed by atoms with Gasteiger partial charge in [-0.25, -0.2) is 0 Å². The van der Waals surface area contributed by atoms with E-state index < -0.39 is 0 Å². The van der Waals surface area contributed by atoms with E-state index in [1.54, 1.807) is 18.4 Å². The summed E-state index contributed by atoms with van der Waals surface area (Å²) in [6, 6.07) is 0.112. The number of nitrogens with two attached hydrogens (primary N) is 1. The number of rotatable bonds is 5. The molecule has 1 aromatic heterocycles. The molecular weight excluding hydrogens is 262 g/mol. The molecule has 0 saturated heterocycles. The van der Waals surface area contributed by atoms with Crippen LogP contribution in [0.3, 0.4) is 0 Å². The lowest BCUT2D eigenvalue weighted by molar-refractivity contribution is 0.152. The van der Waals surface area contributed by atoms with Gasteiger partial charge in [0.1, 0.15) is 0 Å². The van der Waals surface area contributed by atoms with E-state index in [0.717, 1.165) is 17.5 Å². The minimum absolute atomic E-state index is 0.112. The largest absolute Gasteiger partial charge is 0.384 e. The number of methoxy groups -OCH3 is 1. The highest BCUT2D eigenvalue weighted by molar-refractivity contribution is 9.10. The highest BCUT2D eigenvalue weighted by Gasteiger charge is 2.14. The fourth-order valence-corrected chi connectivity index (χ4v) is 3.12. The van der Waals surface area contributed by atoms with Gasteiger partial charge in [-0.1, -0.05) is 6.92 Å². The molecule has 0 fully saturated rings. The van der Waals surface area contributed by atoms with Crippen molar-refractivity contribution in [1.29, 1.82) is 0 Å². The molecule has 2 atom stereocenters. The van der Waals surface area contributed by atoms with Gasteiger partial charge < -0.3 is 10.5 Å². The first-order valence-corrected chi connectivity index (χ1v) is 6.34. The molecule has 1 heterocycles. The SMILES string of the molecule is COCC(C)CC(N)c1cscc1Br. The molecule has 4 heteroatoms. The number of halogens is 1. The van der Waals surface area contributed by atoms with E-state index in [2.05, 4.69) is 33.6 Å². The average Bonchev–Trinajstić information content (AvgIpc) is 2.51. The third-order valence-electron chi connectivity index (χ3n) is 2.15. The highest BCUT2D eigenvalue weighted by atomic mass is 79.9. The first kappa shape index (κ1) is 12.2. The molecule has 2 unspecified atom stereocenters. The fraction of sp³-hybridized carbons (Fsp3) is 0.600. The zero-order valence-electron chi connectivity index (χ0n) is 8.50. The molecule has 0 bridgehead atoms. The highest BCUT2D eigenvalue weighted by Crippen LogP contribution is 2.29. The minimum atomic E-state index is 0.112. The summed E-state index contributed by atoms with van der Waals surface area (Å²) in [5.74, 6) is 0.502. The van der Waals surface area contributed by atoms with Crippen LogP contribution in [0.5, 0.6) is 0 Å². The Bertz CT molecular complexity index is 277. The Labute approximate surface area is 97.6 Å². The summed E-state index contributed by atoms with van der Waals surface area (Å²) in [6.45, 7) is 2.93. The minimum Gasteiger partial charge on any atom is -0.384 e. The predicted molar refractivity (Wildman–Crippen MR) is 64.6 cm³/mol. The molecule has 0 amide bonds. The van der Waals surface area contributed by atoms with Gasteiger partial charge >= 0.3 is 0 Å². The first-order chi connectivity index (χ1) is 6.65. The van der Waals surface area contributed by atoms with Gasteiger partial charge in [-0.2, -0.15) is 11.3 Å². The molecule has 1 aromatic rings. The van der Waals surface area contributed by atoms with Gasteiger partial charge in [0.25, 0.3) is 0 Å². The third-order valence-corrected chi connectivity index (χ3v) is 3.90. The maximum Gasteiger partial charge on any atom is 0.0488 e. The smallest absolute Gasteiger partial charge is 0.0488 e. The van der Waals surface area contributed by atoms with Crippen LogP contribution in [-0.2, 0) is 4.74 Å². The van der Waals surface area contributed by atoms with Crippen molar-refractivity contribution in [2.24, 2.45) is 11.7 Å². The molecule has 0 aliphatic heterocycles. The van der Waals surface area contributed by atoms with Gasteiger partial charge in [0, 0.05) is 29.6 Å². The van der Waals surface area contributed by atoms with E-state index in [9.17, 15) is 0 Å². The molecule has 14 heavy (non-hydrogen) atoms. The maximum absolute atomic E-state index is 6.09. The van der Waals surface area contributed by atoms with Crippen molar-refractivity contribution < 1.29 is 4.74 Å². The van der Waals surface area contributed by atoms with E-state index in [0.29, 0.717) is 5.92 Å². The van der Waals surface area contributed by atoms with Crippen LogP contribution in [0.15, 0.2) is 15.2 Å². The first-order valence-electron chi connectivity index (χ1n) is 4.61. The van der Waals surface area contributed by atoms with Crippen LogP contribution in [0.2, 0.25) is 0 Å². The van der Waals surface area contributed by atoms with Gasteiger partial charge in [-0.15, -0.1) is 0 Å². The van der Waals surface area contributed by atoms with Crippen LogP contribution in [0.25, 0.3) is 0 Å². The van der Waals surface area contributed by atoms with Crippen molar-refractivity contribution in [1.82, 2.24) is 0 Å². The van der Waals surface area contributed by atoms with Gasteiger partial charge in [0.05, 0.1) is 0 Å². The third kappa shape index (κ3) is 3.35. The van der Waals surface area contributed by atoms with Crippen LogP contribution in [0.1, 0.15) is 24.9 Å². The lowest BCUT2D eigenvalue weighted by Crippen LogP contribution is -2.16. The zero-order valence-corrected chi connectivity index (χ0v) is 10.9. The van der Waals surface area contributed by atoms with Gasteiger partial charge in [-0.05, 0) is 39.2 Å². The Hall–Kier alpha value is 0.100. The van der Waals surface area contributed by atoms with Crippen LogP contribution in [0, 0.1) is 5.92 Å². The molecule has 80 valence electrons. The predicted octanol–water partition coefficient (Wildman–Crippen LogP) is 3.18. The van der Waals surface area contributed by atoms with Gasteiger partial charge in [-0.3, -0.25) is 0 Å². The standard InChI is InChI=1S/C10H16BrNOS/c1-7(4-13-2)3-10(12)8-5-14-6-9(8)11/h5-7,10H,3-4,12H2,1-2H3. The van der Waals surface area contributed by atoms with E-state index in [1.807, 2.05) is 0 Å². The quantitative estimate of drug-likeness (QED) is 0.897. The Morgan fingerprint density at radius 3 is 2.79 bits per heavy atom. The molecular formula is C10H16BrNOS. The normalized spacial score (nSPS) is 15.4. The van der Waals surface area contributed by atoms with Gasteiger partial charge in [0.15, 0.2) is 0 Å². The molecule has 0 radical (unpaired) electrons. The lowest BCUT2D eigenvalue weighted by Gasteiger charge is -2.16. The Morgan fingerprint density at radius 1 is 1.57 bits per heavy atom. The Morgan fingerprint density at radius 2 is 2.29 bits per heavy atom. The fourth-order valence-electron chi connectivity index (χ4n) is 1.47. The molecule has 2 nitrogen and oxygen atoms in total. The number of hydrogen-bond donors (Lipinski definition) is 1. The van der Waals surface area contributed by atoms with Gasteiger partial charge in [0.2, 0.25) is 0 Å². The van der Waals surface area contributed by atoms with Crippen molar-refractivity contribution in [2.75, 3.05) is 13.7 Å². The monoisotopic (exact) mass is 277 g/mol. The number of hydrogen-bond acceptors (Lipinski definition) is 3. The summed E-state index contributed by atoms with van der Waals surface area (Å²) in [4.78, 5) is 0. The zero-order chi connectivity index (χ0) is 10.6. The van der Waals surface area contributed by atoms with Crippen molar-refractivity contribution in [3.8, 4) is 0 Å². The molecule has 0 aliphatic carbocycles. The molecule has 0 aliphatic rings. The lowest BCUT2D eigenvalue weighted by atomic mass is 9.99. The van der Waals surface area contributed by atoms with E-state index in [1.165, 1.54) is 5.56 Å². The van der Waals surface area contributed by atoms with Crippen molar-refractivity contribution >= 4 is 27.3 Å². The van der Waals surface area contributed by atoms with E-state index >= 15 is 0 Å². The Balaban J connectivity index is 2.50. The summed E-state index contributed by atoms with van der Waals surface area (Å²) in [5.41, 5.74) is 7.30. The van der Waals surface area contributed by atoms with Crippen molar-refractivity contribution in [2.45, 2.75) is 19.4 Å². The van der Waals surface area contributed by atoms with E-state index in [-0.39, 0.29) is 6.04 Å². The average molecular weight is 278 g/mol. The molecule has 2 N–H and O–H groups in total. The van der Waals surface area contributed by atoms with E-state index in [4.69, 9.17) is 10.5 Å². The van der Waals surface area contributed by atoms with Crippen molar-refractivity contribution in [3.63, 3.8) is 0 Å². The molecule has 0 aromatic carbocycles. The molecule has 1 rings (SSSR count).